The highest BCUT2D eigenvalue weighted by Crippen LogP contribution is 2.17. The minimum Gasteiger partial charge on any atom is -0.475 e. The third-order valence-corrected chi connectivity index (χ3v) is 3.62. The zero-order valence-corrected chi connectivity index (χ0v) is 13.9. The van der Waals surface area contributed by atoms with Gasteiger partial charge in [0.15, 0.2) is 0 Å². The molecule has 0 aromatic rings. The summed E-state index contributed by atoms with van der Waals surface area (Å²) in [7, 11) is 0. The van der Waals surface area contributed by atoms with E-state index in [1.807, 2.05) is 9.80 Å². The Balaban J connectivity index is 0.000000585. The van der Waals surface area contributed by atoms with Gasteiger partial charge in [-0.3, -0.25) is 9.80 Å². The second-order valence-corrected chi connectivity index (χ2v) is 5.60. The molecule has 0 radical (unpaired) electrons. The Morgan fingerprint density at radius 1 is 1.00 bits per heavy atom. The van der Waals surface area contributed by atoms with Crippen molar-refractivity contribution in [1.29, 1.82) is 0 Å². The first-order chi connectivity index (χ1) is 10.7. The van der Waals surface area contributed by atoms with Crippen LogP contribution in [0, 0.1) is 0 Å². The smallest absolute Gasteiger partial charge is 0.475 e. The number of hydrogen-bond donors (Lipinski definition) is 1. The van der Waals surface area contributed by atoms with E-state index in [0.717, 1.165) is 39.0 Å². The number of carbonyl (C=O) groups is 1. The molecule has 0 aromatic heterocycles. The largest absolute Gasteiger partial charge is 0.490 e. The highest BCUT2D eigenvalue weighted by molar-refractivity contribution is 5.73. The summed E-state index contributed by atoms with van der Waals surface area (Å²) in [4.78, 5) is 12.9. The summed E-state index contributed by atoms with van der Waals surface area (Å²) < 4.78 is 45.7. The quantitative estimate of drug-likeness (QED) is 0.412. The van der Waals surface area contributed by atoms with Crippen LogP contribution in [0.4, 0.5) is 17.6 Å². The highest BCUT2D eigenvalue weighted by Gasteiger charge is 2.38. The predicted octanol–water partition coefficient (Wildman–Crippen LogP) is 3.87. The van der Waals surface area contributed by atoms with E-state index in [0.29, 0.717) is 0 Å². The molecule has 1 rings (SSSR count). The van der Waals surface area contributed by atoms with Crippen LogP contribution in [0.25, 0.3) is 0 Å². The number of rotatable bonds is 8. The van der Waals surface area contributed by atoms with Crippen molar-refractivity contribution in [3.8, 4) is 0 Å². The van der Waals surface area contributed by atoms with Gasteiger partial charge < -0.3 is 5.11 Å². The molecule has 1 saturated heterocycles. The minimum absolute atomic E-state index is 0.811. The molecule has 0 saturated carbocycles. The first kappa shape index (κ1) is 22.1. The van der Waals surface area contributed by atoms with Gasteiger partial charge in [-0.05, 0) is 12.8 Å². The fraction of sp³-hybridized carbons (Fsp3) is 0.933. The number of carboxylic acids is 1. The number of aliphatic carboxylic acids is 1. The Bertz CT molecular complexity index is 309. The van der Waals surface area contributed by atoms with Gasteiger partial charge >= 0.3 is 12.1 Å². The van der Waals surface area contributed by atoms with E-state index in [2.05, 4.69) is 13.8 Å². The van der Waals surface area contributed by atoms with Gasteiger partial charge in [-0.25, -0.2) is 9.18 Å². The molecule has 8 heteroatoms. The zero-order chi connectivity index (χ0) is 17.9. The van der Waals surface area contributed by atoms with Crippen LogP contribution in [0.3, 0.4) is 0 Å². The average Bonchev–Trinajstić information content (AvgIpc) is 2.81. The molecule has 0 amide bonds. The zero-order valence-electron chi connectivity index (χ0n) is 13.9. The third kappa shape index (κ3) is 9.76. The molecule has 1 fully saturated rings. The number of hydrogen-bond acceptors (Lipinski definition) is 3. The van der Waals surface area contributed by atoms with Crippen molar-refractivity contribution in [2.75, 3.05) is 26.2 Å². The fourth-order valence-corrected chi connectivity index (χ4v) is 2.27. The minimum atomic E-state index is -5.08. The molecule has 0 spiro atoms. The predicted molar refractivity (Wildman–Crippen MR) is 80.8 cm³/mol. The fourth-order valence-electron chi connectivity index (χ4n) is 2.27. The number of alkyl halides is 4. The van der Waals surface area contributed by atoms with Crippen molar-refractivity contribution < 1.29 is 27.5 Å². The summed E-state index contributed by atoms with van der Waals surface area (Å²) in [5.74, 6) is -2.76. The van der Waals surface area contributed by atoms with Crippen LogP contribution in [0.2, 0.25) is 0 Å². The van der Waals surface area contributed by atoms with Crippen molar-refractivity contribution in [1.82, 2.24) is 9.80 Å². The van der Waals surface area contributed by atoms with Crippen LogP contribution in [0.15, 0.2) is 0 Å². The van der Waals surface area contributed by atoms with Gasteiger partial charge in [-0.1, -0.05) is 39.5 Å². The van der Waals surface area contributed by atoms with Crippen LogP contribution in [-0.2, 0) is 4.79 Å². The lowest BCUT2D eigenvalue weighted by atomic mass is 10.2. The molecule has 0 atom stereocenters. The first-order valence-corrected chi connectivity index (χ1v) is 8.16. The molecular weight excluding hydrogens is 316 g/mol. The normalized spacial score (nSPS) is 17.1. The van der Waals surface area contributed by atoms with E-state index in [4.69, 9.17) is 9.90 Å². The van der Waals surface area contributed by atoms with Gasteiger partial charge in [0, 0.05) is 26.2 Å². The molecular formula is C15H28F4N2O2. The summed E-state index contributed by atoms with van der Waals surface area (Å²) >= 11 is 0. The Morgan fingerprint density at radius 2 is 1.35 bits per heavy atom. The average molecular weight is 344 g/mol. The monoisotopic (exact) mass is 344 g/mol. The van der Waals surface area contributed by atoms with Crippen LogP contribution >= 0.6 is 0 Å². The maximum atomic E-state index is 14.0. The molecule has 1 N–H and O–H groups in total. The Labute approximate surface area is 135 Å². The molecule has 23 heavy (non-hydrogen) atoms. The second kappa shape index (κ2) is 11.6. The number of nitrogens with zero attached hydrogens (tertiary/aromatic N) is 2. The van der Waals surface area contributed by atoms with E-state index in [1.165, 1.54) is 25.7 Å². The summed E-state index contributed by atoms with van der Waals surface area (Å²) in [5.41, 5.74) is 0. The lowest BCUT2D eigenvalue weighted by molar-refractivity contribution is -0.192. The third-order valence-electron chi connectivity index (χ3n) is 3.62. The van der Waals surface area contributed by atoms with Gasteiger partial charge in [-0.15, -0.1) is 0 Å². The Kier molecular flexibility index (Phi) is 11.2. The maximum absolute atomic E-state index is 14.0. The summed E-state index contributed by atoms with van der Waals surface area (Å²) in [6.45, 7) is 8.06. The summed E-state index contributed by atoms with van der Waals surface area (Å²) in [5, 5.41) is 7.12. The molecule has 0 aromatic carbocycles. The Hall–Kier alpha value is -0.890. The summed E-state index contributed by atoms with van der Waals surface area (Å²) in [6.07, 6.45) is 1.25. The van der Waals surface area contributed by atoms with E-state index < -0.39 is 18.6 Å². The number of halogens is 4. The topological polar surface area (TPSA) is 43.8 Å². The lowest BCUT2D eigenvalue weighted by Crippen LogP contribution is -2.36. The van der Waals surface area contributed by atoms with E-state index in [-0.39, 0.29) is 0 Å². The number of unbranched alkanes of at least 4 members (excludes halogenated alkanes) is 4. The van der Waals surface area contributed by atoms with E-state index in [1.54, 1.807) is 0 Å². The summed E-state index contributed by atoms with van der Waals surface area (Å²) in [6, 6.07) is 0. The van der Waals surface area contributed by atoms with Crippen LogP contribution in [0.1, 0.15) is 52.4 Å². The van der Waals surface area contributed by atoms with Crippen LogP contribution in [0.5, 0.6) is 0 Å². The van der Waals surface area contributed by atoms with Gasteiger partial charge in [-0.2, -0.15) is 13.2 Å². The van der Waals surface area contributed by atoms with E-state index in [9.17, 15) is 17.6 Å². The van der Waals surface area contributed by atoms with Gasteiger partial charge in [0.1, 0.15) is 0 Å². The molecule has 138 valence electrons. The maximum Gasteiger partial charge on any atom is 0.490 e. The van der Waals surface area contributed by atoms with E-state index >= 15 is 0 Å². The van der Waals surface area contributed by atoms with Crippen LogP contribution in [-0.4, -0.2) is 59.7 Å². The Morgan fingerprint density at radius 3 is 1.61 bits per heavy atom. The molecule has 1 aliphatic heterocycles. The molecule has 0 aliphatic carbocycles. The molecule has 4 nitrogen and oxygen atoms in total. The van der Waals surface area contributed by atoms with Crippen molar-refractivity contribution in [3.63, 3.8) is 0 Å². The second-order valence-electron chi connectivity index (χ2n) is 5.60. The standard InChI is InChI=1S/C13H27FN2.C2HF3O2/c1-3-5-7-9-15-11-12-16(13(15)14)10-8-6-4-2;3-2(4,5)1(6)7/h13H,3-12H2,1-2H3;(H,6,7). The van der Waals surface area contributed by atoms with Gasteiger partial charge in [0.25, 0.3) is 0 Å². The highest BCUT2D eigenvalue weighted by atomic mass is 19.4. The van der Waals surface area contributed by atoms with Gasteiger partial charge in [0.2, 0.25) is 6.42 Å². The SMILES string of the molecule is CCCCCN1CCN(CCCCC)C1F.O=C(O)C(F)(F)F. The van der Waals surface area contributed by atoms with Crippen molar-refractivity contribution in [2.45, 2.75) is 65.0 Å². The molecule has 0 bridgehead atoms. The molecule has 0 unspecified atom stereocenters. The first-order valence-electron chi connectivity index (χ1n) is 8.16. The van der Waals surface area contributed by atoms with Crippen molar-refractivity contribution in [2.24, 2.45) is 0 Å². The molecule has 1 heterocycles. The van der Waals surface area contributed by atoms with Gasteiger partial charge in [0.05, 0.1) is 0 Å². The van der Waals surface area contributed by atoms with Crippen LogP contribution < -0.4 is 0 Å². The number of carboxylic acid groups (broad SMARTS) is 1. The van der Waals surface area contributed by atoms with Crippen molar-refractivity contribution >= 4 is 5.97 Å². The lowest BCUT2D eigenvalue weighted by Gasteiger charge is -2.23. The van der Waals surface area contributed by atoms with Crippen molar-refractivity contribution in [3.05, 3.63) is 0 Å². The molecule has 1 aliphatic rings.